The number of rotatable bonds is 5. The number of aliphatic hydroxyl groups excluding tert-OH is 1. The van der Waals surface area contributed by atoms with Gasteiger partial charge in [0.25, 0.3) is 0 Å². The molecule has 0 amide bonds. The zero-order valence-corrected chi connectivity index (χ0v) is 11.4. The van der Waals surface area contributed by atoms with Gasteiger partial charge in [-0.1, -0.05) is 32.9 Å². The number of hydrogen-bond donors (Lipinski definition) is 1. The van der Waals surface area contributed by atoms with Crippen LogP contribution in [0.4, 0.5) is 0 Å². The van der Waals surface area contributed by atoms with Gasteiger partial charge in [-0.2, -0.15) is 0 Å². The van der Waals surface area contributed by atoms with E-state index in [2.05, 4.69) is 0 Å². The predicted octanol–water partition coefficient (Wildman–Crippen LogP) is 2.21. The van der Waals surface area contributed by atoms with Crippen LogP contribution in [0.25, 0.3) is 0 Å². The molecule has 1 atom stereocenters. The molecule has 4 heteroatoms. The molecule has 0 radical (unpaired) electrons. The van der Waals surface area contributed by atoms with Crippen LogP contribution in [0.2, 0.25) is 0 Å². The molecule has 0 saturated carbocycles. The SMILES string of the molecule is CCS(=O)(=O)c1ccc(C(CO)C(C)C)cc1. The van der Waals surface area contributed by atoms with Crippen molar-refractivity contribution in [3.63, 3.8) is 0 Å². The molecule has 0 heterocycles. The lowest BCUT2D eigenvalue weighted by molar-refractivity contribution is 0.237. The van der Waals surface area contributed by atoms with Gasteiger partial charge < -0.3 is 5.11 Å². The number of aliphatic hydroxyl groups is 1. The molecule has 0 aromatic heterocycles. The van der Waals surface area contributed by atoms with Crippen LogP contribution in [0.3, 0.4) is 0 Å². The number of benzene rings is 1. The Balaban J connectivity index is 3.03. The summed E-state index contributed by atoms with van der Waals surface area (Å²) in [4.78, 5) is 0.351. The fourth-order valence-corrected chi connectivity index (χ4v) is 2.67. The average Bonchev–Trinajstić information content (AvgIpc) is 2.30. The Kier molecular flexibility index (Phi) is 4.71. The molecule has 1 aromatic carbocycles. The third-order valence-electron chi connectivity index (χ3n) is 3.05. The first-order chi connectivity index (χ1) is 7.92. The van der Waals surface area contributed by atoms with Crippen molar-refractivity contribution < 1.29 is 13.5 Å². The van der Waals surface area contributed by atoms with Crippen LogP contribution in [0.15, 0.2) is 29.2 Å². The molecule has 17 heavy (non-hydrogen) atoms. The highest BCUT2D eigenvalue weighted by Crippen LogP contribution is 2.25. The fourth-order valence-electron chi connectivity index (χ4n) is 1.79. The van der Waals surface area contributed by atoms with Gasteiger partial charge in [0, 0.05) is 5.92 Å². The number of sulfone groups is 1. The van der Waals surface area contributed by atoms with Gasteiger partial charge in [-0.05, 0) is 23.6 Å². The van der Waals surface area contributed by atoms with Crippen molar-refractivity contribution in [2.45, 2.75) is 31.6 Å². The molecule has 1 N–H and O–H groups in total. The summed E-state index contributed by atoms with van der Waals surface area (Å²) in [6, 6.07) is 6.84. The van der Waals surface area contributed by atoms with Crippen LogP contribution < -0.4 is 0 Å². The van der Waals surface area contributed by atoms with Gasteiger partial charge in [-0.15, -0.1) is 0 Å². The van der Waals surface area contributed by atoms with Crippen molar-refractivity contribution in [1.82, 2.24) is 0 Å². The first-order valence-corrected chi connectivity index (χ1v) is 7.51. The topological polar surface area (TPSA) is 54.4 Å². The summed E-state index contributed by atoms with van der Waals surface area (Å²) in [5.74, 6) is 0.502. The van der Waals surface area contributed by atoms with E-state index in [0.717, 1.165) is 5.56 Å². The second-order valence-electron chi connectivity index (χ2n) is 4.51. The molecule has 0 aliphatic heterocycles. The second-order valence-corrected chi connectivity index (χ2v) is 6.78. The lowest BCUT2D eigenvalue weighted by Gasteiger charge is -2.18. The van der Waals surface area contributed by atoms with E-state index in [1.807, 2.05) is 13.8 Å². The van der Waals surface area contributed by atoms with Crippen LogP contribution in [0.5, 0.6) is 0 Å². The van der Waals surface area contributed by atoms with E-state index in [9.17, 15) is 13.5 Å². The minimum atomic E-state index is -3.13. The molecular formula is C13H20O3S. The van der Waals surface area contributed by atoms with E-state index in [4.69, 9.17) is 0 Å². The third-order valence-corrected chi connectivity index (χ3v) is 4.80. The minimum Gasteiger partial charge on any atom is -0.396 e. The Bertz CT molecular complexity index is 446. The molecule has 3 nitrogen and oxygen atoms in total. The van der Waals surface area contributed by atoms with Crippen molar-refractivity contribution in [3.8, 4) is 0 Å². The van der Waals surface area contributed by atoms with Crippen LogP contribution in [-0.4, -0.2) is 25.9 Å². The molecular weight excluding hydrogens is 236 g/mol. The first-order valence-electron chi connectivity index (χ1n) is 5.86. The second kappa shape index (κ2) is 5.65. The standard InChI is InChI=1S/C13H20O3S/c1-4-17(15,16)12-7-5-11(6-8-12)13(9-14)10(2)3/h5-8,10,13-14H,4,9H2,1-3H3. The minimum absolute atomic E-state index is 0.0633. The van der Waals surface area contributed by atoms with Gasteiger partial charge >= 0.3 is 0 Å². The highest BCUT2D eigenvalue weighted by Gasteiger charge is 2.16. The van der Waals surface area contributed by atoms with E-state index >= 15 is 0 Å². The summed E-state index contributed by atoms with van der Waals surface area (Å²) < 4.78 is 23.3. The van der Waals surface area contributed by atoms with Crippen molar-refractivity contribution in [2.24, 2.45) is 5.92 Å². The zero-order chi connectivity index (χ0) is 13.1. The summed E-state index contributed by atoms with van der Waals surface area (Å²) in [5.41, 5.74) is 0.984. The van der Waals surface area contributed by atoms with Crippen molar-refractivity contribution in [2.75, 3.05) is 12.4 Å². The Labute approximate surface area is 103 Å². The van der Waals surface area contributed by atoms with Gasteiger partial charge in [-0.25, -0.2) is 8.42 Å². The van der Waals surface area contributed by atoms with E-state index in [0.29, 0.717) is 10.8 Å². The predicted molar refractivity (Wildman–Crippen MR) is 68.8 cm³/mol. The highest BCUT2D eigenvalue weighted by molar-refractivity contribution is 7.91. The molecule has 0 aliphatic rings. The van der Waals surface area contributed by atoms with E-state index < -0.39 is 9.84 Å². The van der Waals surface area contributed by atoms with Crippen LogP contribution in [-0.2, 0) is 9.84 Å². The number of hydrogen-bond acceptors (Lipinski definition) is 3. The lowest BCUT2D eigenvalue weighted by atomic mass is 9.89. The Hall–Kier alpha value is -0.870. The van der Waals surface area contributed by atoms with Crippen LogP contribution in [0, 0.1) is 5.92 Å². The van der Waals surface area contributed by atoms with Crippen molar-refractivity contribution in [1.29, 1.82) is 0 Å². The van der Waals surface area contributed by atoms with Gasteiger partial charge in [0.05, 0.1) is 17.3 Å². The highest BCUT2D eigenvalue weighted by atomic mass is 32.2. The first kappa shape index (κ1) is 14.2. The quantitative estimate of drug-likeness (QED) is 0.878. The molecule has 0 aliphatic carbocycles. The summed E-state index contributed by atoms with van der Waals surface area (Å²) >= 11 is 0. The lowest BCUT2D eigenvalue weighted by Crippen LogP contribution is -2.11. The maximum Gasteiger partial charge on any atom is 0.178 e. The maximum atomic E-state index is 11.6. The van der Waals surface area contributed by atoms with Crippen LogP contribution >= 0.6 is 0 Å². The van der Waals surface area contributed by atoms with E-state index in [1.54, 1.807) is 31.2 Å². The Morgan fingerprint density at radius 3 is 2.06 bits per heavy atom. The molecule has 0 saturated heterocycles. The fraction of sp³-hybridized carbons (Fsp3) is 0.538. The molecule has 0 bridgehead atoms. The van der Waals surface area contributed by atoms with E-state index in [-0.39, 0.29) is 18.3 Å². The molecule has 0 spiro atoms. The summed E-state index contributed by atoms with van der Waals surface area (Å²) in [5, 5.41) is 9.31. The Morgan fingerprint density at radius 2 is 1.71 bits per heavy atom. The Morgan fingerprint density at radius 1 is 1.18 bits per heavy atom. The maximum absolute atomic E-state index is 11.6. The van der Waals surface area contributed by atoms with Crippen molar-refractivity contribution in [3.05, 3.63) is 29.8 Å². The molecule has 96 valence electrons. The monoisotopic (exact) mass is 256 g/mol. The normalized spacial score (nSPS) is 13.9. The summed E-state index contributed by atoms with van der Waals surface area (Å²) in [6.45, 7) is 5.79. The zero-order valence-electron chi connectivity index (χ0n) is 10.6. The third kappa shape index (κ3) is 3.30. The van der Waals surface area contributed by atoms with Gasteiger partial charge in [-0.3, -0.25) is 0 Å². The van der Waals surface area contributed by atoms with Gasteiger partial charge in [0.2, 0.25) is 0 Å². The molecule has 0 fully saturated rings. The van der Waals surface area contributed by atoms with Crippen LogP contribution in [0.1, 0.15) is 32.3 Å². The average molecular weight is 256 g/mol. The molecule has 1 aromatic rings. The smallest absolute Gasteiger partial charge is 0.178 e. The van der Waals surface area contributed by atoms with Gasteiger partial charge in [0.1, 0.15) is 0 Å². The van der Waals surface area contributed by atoms with E-state index in [1.165, 1.54) is 0 Å². The largest absolute Gasteiger partial charge is 0.396 e. The summed E-state index contributed by atoms with van der Waals surface area (Å²) in [6.07, 6.45) is 0. The van der Waals surface area contributed by atoms with Crippen molar-refractivity contribution >= 4 is 9.84 Å². The molecule has 1 rings (SSSR count). The summed E-state index contributed by atoms with van der Waals surface area (Å²) in [7, 11) is -3.13. The molecule has 1 unspecified atom stereocenters. The van der Waals surface area contributed by atoms with Gasteiger partial charge in [0.15, 0.2) is 9.84 Å².